The maximum atomic E-state index is 12.1. The number of ether oxygens (including phenoxy) is 1. The molecule has 1 aromatic rings. The van der Waals surface area contributed by atoms with Crippen molar-refractivity contribution in [2.24, 2.45) is 14.1 Å². The van der Waals surface area contributed by atoms with Gasteiger partial charge in [0, 0.05) is 26.2 Å². The summed E-state index contributed by atoms with van der Waals surface area (Å²) in [6.07, 6.45) is 5.28. The van der Waals surface area contributed by atoms with Gasteiger partial charge in [-0.2, -0.15) is 0 Å². The summed E-state index contributed by atoms with van der Waals surface area (Å²) in [5.41, 5.74) is 1.43. The number of esters is 1. The van der Waals surface area contributed by atoms with E-state index in [9.17, 15) is 9.59 Å². The van der Waals surface area contributed by atoms with Crippen molar-refractivity contribution in [1.82, 2.24) is 9.13 Å². The second kappa shape index (κ2) is 11.2. The first-order chi connectivity index (χ1) is 12.3. The van der Waals surface area contributed by atoms with Crippen molar-refractivity contribution in [3.8, 4) is 0 Å². The molecule has 1 heterocycles. The molecule has 0 atom stereocenters. The van der Waals surface area contributed by atoms with Gasteiger partial charge in [0.1, 0.15) is 4.64 Å². The fourth-order valence-corrected chi connectivity index (χ4v) is 3.46. The molecule has 0 saturated heterocycles. The van der Waals surface area contributed by atoms with E-state index in [1.165, 1.54) is 4.57 Å². The number of allylic oxidation sites excluding steroid dienone is 1. The Labute approximate surface area is 164 Å². The van der Waals surface area contributed by atoms with Crippen LogP contribution in [0, 0.1) is 11.6 Å². The van der Waals surface area contributed by atoms with Crippen LogP contribution in [0.5, 0.6) is 0 Å². The van der Waals surface area contributed by atoms with E-state index >= 15 is 0 Å². The standard InChI is InChI=1S/C18H29N3O3S2/c1-6-8-10-14(26-12-9-11-15(22)24-7-2)19-16-13(3)20(4)18(23)21(5)17(16)25/h10,19H,6-9,11-12H2,1-5H3/b14-10-. The molecule has 0 spiro atoms. The molecule has 0 amide bonds. The van der Waals surface area contributed by atoms with E-state index in [2.05, 4.69) is 18.3 Å². The number of carbonyl (C=O) groups is 1. The van der Waals surface area contributed by atoms with Gasteiger partial charge in [0.05, 0.1) is 17.3 Å². The summed E-state index contributed by atoms with van der Waals surface area (Å²) >= 11 is 7.10. The van der Waals surface area contributed by atoms with Gasteiger partial charge >= 0.3 is 11.7 Å². The molecular formula is C18H29N3O3S2. The second-order valence-corrected chi connectivity index (χ2v) is 7.43. The SMILES string of the molecule is CCC/C=C(/Nc1c(C)n(C)c(=O)n(C)c1=S)SCCCC(=O)OCC. The van der Waals surface area contributed by atoms with Gasteiger partial charge in [0.2, 0.25) is 0 Å². The molecular weight excluding hydrogens is 370 g/mol. The number of anilines is 1. The minimum absolute atomic E-state index is 0.140. The highest BCUT2D eigenvalue weighted by atomic mass is 32.2. The highest BCUT2D eigenvalue weighted by Gasteiger charge is 2.11. The molecule has 146 valence electrons. The molecule has 26 heavy (non-hydrogen) atoms. The average Bonchev–Trinajstić information content (AvgIpc) is 2.62. The summed E-state index contributed by atoms with van der Waals surface area (Å²) in [7, 11) is 3.41. The summed E-state index contributed by atoms with van der Waals surface area (Å²) in [6, 6.07) is 0. The Balaban J connectivity index is 2.88. The van der Waals surface area contributed by atoms with E-state index < -0.39 is 0 Å². The van der Waals surface area contributed by atoms with Gasteiger partial charge in [0.15, 0.2) is 0 Å². The summed E-state index contributed by atoms with van der Waals surface area (Å²) in [6.45, 7) is 6.22. The van der Waals surface area contributed by atoms with Gasteiger partial charge in [0.25, 0.3) is 0 Å². The number of unbranched alkanes of at least 4 members (excludes halogenated alkanes) is 1. The molecule has 1 rings (SSSR count). The van der Waals surface area contributed by atoms with Crippen LogP contribution >= 0.6 is 24.0 Å². The third-order valence-corrected chi connectivity index (χ3v) is 5.46. The average molecular weight is 400 g/mol. The Morgan fingerprint density at radius 2 is 2.00 bits per heavy atom. The molecule has 0 radical (unpaired) electrons. The predicted molar refractivity (Wildman–Crippen MR) is 111 cm³/mol. The Kier molecular flexibility index (Phi) is 9.72. The van der Waals surface area contributed by atoms with Crippen LogP contribution in [0.2, 0.25) is 0 Å². The Bertz CT molecular complexity index is 766. The number of nitrogens with one attached hydrogen (secondary N) is 1. The van der Waals surface area contributed by atoms with Crippen LogP contribution in [0.4, 0.5) is 5.69 Å². The topological polar surface area (TPSA) is 65.3 Å². The van der Waals surface area contributed by atoms with E-state index in [0.717, 1.165) is 41.4 Å². The summed E-state index contributed by atoms with van der Waals surface area (Å²) < 4.78 is 8.49. The Hall–Kier alpha value is -1.54. The number of carbonyl (C=O) groups excluding carboxylic acids is 1. The van der Waals surface area contributed by atoms with Crippen molar-refractivity contribution < 1.29 is 9.53 Å². The van der Waals surface area contributed by atoms with Crippen molar-refractivity contribution in [2.45, 2.75) is 46.5 Å². The number of rotatable bonds is 10. The lowest BCUT2D eigenvalue weighted by atomic mass is 10.3. The Morgan fingerprint density at radius 3 is 2.62 bits per heavy atom. The molecule has 0 aliphatic rings. The number of hydrogen-bond donors (Lipinski definition) is 1. The minimum Gasteiger partial charge on any atom is -0.466 e. The van der Waals surface area contributed by atoms with Gasteiger partial charge in [-0.3, -0.25) is 13.9 Å². The second-order valence-electron chi connectivity index (χ2n) is 5.91. The summed E-state index contributed by atoms with van der Waals surface area (Å²) in [4.78, 5) is 23.6. The maximum Gasteiger partial charge on any atom is 0.328 e. The Morgan fingerprint density at radius 1 is 1.31 bits per heavy atom. The molecule has 0 aliphatic heterocycles. The molecule has 6 nitrogen and oxygen atoms in total. The zero-order chi connectivity index (χ0) is 19.7. The minimum atomic E-state index is -0.158. The van der Waals surface area contributed by atoms with Crippen molar-refractivity contribution in [3.05, 3.63) is 31.9 Å². The smallest absolute Gasteiger partial charge is 0.328 e. The monoisotopic (exact) mass is 399 g/mol. The molecule has 1 aromatic heterocycles. The normalized spacial score (nSPS) is 11.5. The molecule has 1 N–H and O–H groups in total. The van der Waals surface area contributed by atoms with Crippen LogP contribution in [-0.4, -0.2) is 27.5 Å². The maximum absolute atomic E-state index is 12.1. The summed E-state index contributed by atoms with van der Waals surface area (Å²) in [5.74, 6) is 0.638. The van der Waals surface area contributed by atoms with Gasteiger partial charge in [-0.15, -0.1) is 11.8 Å². The predicted octanol–water partition coefficient (Wildman–Crippen LogP) is 3.89. The van der Waals surface area contributed by atoms with Crippen molar-refractivity contribution in [2.75, 3.05) is 17.7 Å². The number of nitrogens with zero attached hydrogens (tertiary/aromatic N) is 2. The fourth-order valence-electron chi connectivity index (χ4n) is 2.27. The number of hydrogen-bond acceptors (Lipinski definition) is 6. The van der Waals surface area contributed by atoms with Crippen LogP contribution < -0.4 is 11.0 Å². The first kappa shape index (κ1) is 22.5. The molecule has 0 unspecified atom stereocenters. The molecule has 0 aromatic carbocycles. The first-order valence-corrected chi connectivity index (χ1v) is 10.2. The highest BCUT2D eigenvalue weighted by molar-refractivity contribution is 8.03. The lowest BCUT2D eigenvalue weighted by molar-refractivity contribution is -0.143. The van der Waals surface area contributed by atoms with Gasteiger partial charge in [-0.1, -0.05) is 31.6 Å². The van der Waals surface area contributed by atoms with E-state index in [4.69, 9.17) is 17.0 Å². The molecule has 0 fully saturated rings. The molecule has 8 heteroatoms. The number of thioether (sulfide) groups is 1. The van der Waals surface area contributed by atoms with E-state index in [-0.39, 0.29) is 11.7 Å². The molecule has 0 bridgehead atoms. The zero-order valence-corrected chi connectivity index (χ0v) is 17.9. The third-order valence-electron chi connectivity index (χ3n) is 3.91. The van der Waals surface area contributed by atoms with Crippen molar-refractivity contribution in [1.29, 1.82) is 0 Å². The highest BCUT2D eigenvalue weighted by Crippen LogP contribution is 2.24. The van der Waals surface area contributed by atoms with Crippen molar-refractivity contribution in [3.63, 3.8) is 0 Å². The fraction of sp³-hybridized carbons (Fsp3) is 0.611. The van der Waals surface area contributed by atoms with E-state index in [1.807, 2.05) is 13.8 Å². The van der Waals surface area contributed by atoms with Crippen LogP contribution in [0.25, 0.3) is 0 Å². The molecule has 0 aliphatic carbocycles. The number of aromatic nitrogens is 2. The van der Waals surface area contributed by atoms with Gasteiger partial charge in [-0.05, 0) is 32.4 Å². The molecule has 0 saturated carbocycles. The zero-order valence-electron chi connectivity index (χ0n) is 16.3. The van der Waals surface area contributed by atoms with Gasteiger partial charge < -0.3 is 10.1 Å². The van der Waals surface area contributed by atoms with E-state index in [1.54, 1.807) is 30.4 Å². The quantitative estimate of drug-likeness (QED) is 0.366. The third kappa shape index (κ3) is 6.32. The van der Waals surface area contributed by atoms with Crippen LogP contribution in [0.1, 0.15) is 45.2 Å². The van der Waals surface area contributed by atoms with E-state index in [0.29, 0.717) is 17.7 Å². The lowest BCUT2D eigenvalue weighted by Crippen LogP contribution is -2.30. The largest absolute Gasteiger partial charge is 0.466 e. The van der Waals surface area contributed by atoms with Gasteiger partial charge in [-0.25, -0.2) is 4.79 Å². The van der Waals surface area contributed by atoms with Crippen LogP contribution in [0.15, 0.2) is 15.9 Å². The van der Waals surface area contributed by atoms with Crippen LogP contribution in [-0.2, 0) is 23.6 Å². The van der Waals surface area contributed by atoms with Crippen molar-refractivity contribution >= 4 is 35.6 Å². The summed E-state index contributed by atoms with van der Waals surface area (Å²) in [5, 5.41) is 4.39. The lowest BCUT2D eigenvalue weighted by Gasteiger charge is -2.17. The van der Waals surface area contributed by atoms with Crippen LogP contribution in [0.3, 0.4) is 0 Å². The first-order valence-electron chi connectivity index (χ1n) is 8.85.